The van der Waals surface area contributed by atoms with Crippen LogP contribution in [0.3, 0.4) is 0 Å². The number of benzene rings is 1. The Morgan fingerprint density at radius 2 is 2.00 bits per heavy atom. The van der Waals surface area contributed by atoms with Gasteiger partial charge in [-0.3, -0.25) is 0 Å². The predicted octanol–water partition coefficient (Wildman–Crippen LogP) is 4.60. The fourth-order valence-electron chi connectivity index (χ4n) is 1.84. The van der Waals surface area contributed by atoms with Crippen LogP contribution < -0.4 is 5.32 Å². The van der Waals surface area contributed by atoms with Gasteiger partial charge in [-0.25, -0.2) is 0 Å². The Morgan fingerprint density at radius 1 is 1.24 bits per heavy atom. The van der Waals surface area contributed by atoms with Crippen LogP contribution >= 0.6 is 11.3 Å². The van der Waals surface area contributed by atoms with Gasteiger partial charge in [0, 0.05) is 15.6 Å². The molecular formula is C15H21NS. The molecule has 0 aliphatic carbocycles. The molecule has 1 nitrogen and oxygen atoms in total. The highest BCUT2D eigenvalue weighted by atomic mass is 32.1. The maximum absolute atomic E-state index is 3.62. The minimum absolute atomic E-state index is 0.460. The SMILES string of the molecule is CCC(C)CNC(C)c1cc2ccccc2s1. The predicted molar refractivity (Wildman–Crippen MR) is 77.7 cm³/mol. The van der Waals surface area contributed by atoms with Gasteiger partial charge in [0.05, 0.1) is 0 Å². The summed E-state index contributed by atoms with van der Waals surface area (Å²) in [5.74, 6) is 0.756. The van der Waals surface area contributed by atoms with E-state index in [1.54, 1.807) is 0 Å². The third-order valence-corrected chi connectivity index (χ3v) is 4.64. The largest absolute Gasteiger partial charge is 0.309 e. The molecule has 2 unspecified atom stereocenters. The summed E-state index contributed by atoms with van der Waals surface area (Å²) in [5, 5.41) is 4.99. The minimum atomic E-state index is 0.460. The van der Waals surface area contributed by atoms with Gasteiger partial charge in [-0.1, -0.05) is 38.5 Å². The topological polar surface area (TPSA) is 12.0 Å². The molecule has 0 radical (unpaired) electrons. The quantitative estimate of drug-likeness (QED) is 0.814. The van der Waals surface area contributed by atoms with Crippen LogP contribution in [0.15, 0.2) is 30.3 Å². The molecule has 2 heteroatoms. The average Bonchev–Trinajstić information content (AvgIpc) is 2.79. The normalized spacial score (nSPS) is 15.0. The molecule has 1 aromatic carbocycles. The van der Waals surface area contributed by atoms with Crippen molar-refractivity contribution in [1.82, 2.24) is 5.32 Å². The van der Waals surface area contributed by atoms with Gasteiger partial charge in [0.1, 0.15) is 0 Å². The van der Waals surface area contributed by atoms with Gasteiger partial charge in [0.25, 0.3) is 0 Å². The number of rotatable bonds is 5. The molecule has 0 aliphatic rings. The van der Waals surface area contributed by atoms with E-state index in [4.69, 9.17) is 0 Å². The third kappa shape index (κ3) is 3.08. The lowest BCUT2D eigenvalue weighted by Crippen LogP contribution is -2.23. The molecule has 0 fully saturated rings. The molecular weight excluding hydrogens is 226 g/mol. The molecule has 17 heavy (non-hydrogen) atoms. The Morgan fingerprint density at radius 3 is 2.71 bits per heavy atom. The first-order valence-electron chi connectivity index (χ1n) is 6.42. The summed E-state index contributed by atoms with van der Waals surface area (Å²) in [7, 11) is 0. The van der Waals surface area contributed by atoms with Crippen LogP contribution in [0.4, 0.5) is 0 Å². The van der Waals surface area contributed by atoms with E-state index in [0.717, 1.165) is 12.5 Å². The monoisotopic (exact) mass is 247 g/mol. The van der Waals surface area contributed by atoms with Crippen LogP contribution in [0.5, 0.6) is 0 Å². The van der Waals surface area contributed by atoms with Crippen LogP contribution in [0.25, 0.3) is 10.1 Å². The zero-order chi connectivity index (χ0) is 12.3. The molecule has 2 aromatic rings. The summed E-state index contributed by atoms with van der Waals surface area (Å²) >= 11 is 1.90. The summed E-state index contributed by atoms with van der Waals surface area (Å²) < 4.78 is 1.39. The van der Waals surface area contributed by atoms with Crippen molar-refractivity contribution in [2.75, 3.05) is 6.54 Å². The molecule has 2 rings (SSSR count). The van der Waals surface area contributed by atoms with Crippen molar-refractivity contribution in [2.45, 2.75) is 33.2 Å². The summed E-state index contributed by atoms with van der Waals surface area (Å²) in [5.41, 5.74) is 0. The third-order valence-electron chi connectivity index (χ3n) is 3.34. The van der Waals surface area contributed by atoms with Gasteiger partial charge >= 0.3 is 0 Å². The molecule has 0 spiro atoms. The summed E-state index contributed by atoms with van der Waals surface area (Å²) in [6.45, 7) is 7.90. The summed E-state index contributed by atoms with van der Waals surface area (Å²) in [4.78, 5) is 1.44. The lowest BCUT2D eigenvalue weighted by molar-refractivity contribution is 0.464. The summed E-state index contributed by atoms with van der Waals surface area (Å²) in [6, 6.07) is 11.4. The van der Waals surface area contributed by atoms with Crippen molar-refractivity contribution < 1.29 is 0 Å². The average molecular weight is 247 g/mol. The van der Waals surface area contributed by atoms with Crippen LogP contribution in [-0.2, 0) is 0 Å². The molecule has 1 N–H and O–H groups in total. The Kier molecular flexibility index (Phi) is 4.19. The first kappa shape index (κ1) is 12.6. The summed E-state index contributed by atoms with van der Waals surface area (Å²) in [6.07, 6.45) is 1.24. The lowest BCUT2D eigenvalue weighted by Gasteiger charge is -2.15. The zero-order valence-electron chi connectivity index (χ0n) is 10.9. The number of hydrogen-bond acceptors (Lipinski definition) is 2. The van der Waals surface area contributed by atoms with Crippen molar-refractivity contribution in [2.24, 2.45) is 5.92 Å². The van der Waals surface area contributed by atoms with Crippen LogP contribution in [0.1, 0.15) is 38.1 Å². The molecule has 0 saturated carbocycles. The lowest BCUT2D eigenvalue weighted by atomic mass is 10.1. The standard InChI is InChI=1S/C15H21NS/c1-4-11(2)10-16-12(3)15-9-13-7-5-6-8-14(13)17-15/h5-9,11-12,16H,4,10H2,1-3H3. The van der Waals surface area contributed by atoms with E-state index >= 15 is 0 Å². The van der Waals surface area contributed by atoms with Gasteiger partial charge < -0.3 is 5.32 Å². The molecule has 1 heterocycles. The van der Waals surface area contributed by atoms with Crippen molar-refractivity contribution in [3.63, 3.8) is 0 Å². The zero-order valence-corrected chi connectivity index (χ0v) is 11.7. The van der Waals surface area contributed by atoms with E-state index < -0.39 is 0 Å². The second-order valence-corrected chi connectivity index (χ2v) is 5.95. The smallest absolute Gasteiger partial charge is 0.0386 e. The number of nitrogens with one attached hydrogen (secondary N) is 1. The Bertz CT molecular complexity index is 441. The highest BCUT2D eigenvalue weighted by Crippen LogP contribution is 2.29. The molecule has 0 saturated heterocycles. The van der Waals surface area contributed by atoms with E-state index in [-0.39, 0.29) is 0 Å². The number of hydrogen-bond donors (Lipinski definition) is 1. The highest BCUT2D eigenvalue weighted by Gasteiger charge is 2.09. The fraction of sp³-hybridized carbons (Fsp3) is 0.467. The Hall–Kier alpha value is -0.860. The van der Waals surface area contributed by atoms with Crippen LogP contribution in [-0.4, -0.2) is 6.54 Å². The van der Waals surface area contributed by atoms with E-state index in [2.05, 4.69) is 56.4 Å². The van der Waals surface area contributed by atoms with Gasteiger partial charge in [-0.05, 0) is 36.9 Å². The van der Waals surface area contributed by atoms with Crippen molar-refractivity contribution in [3.8, 4) is 0 Å². The first-order valence-corrected chi connectivity index (χ1v) is 7.24. The Labute approximate surface area is 108 Å². The number of thiophene rings is 1. The van der Waals surface area contributed by atoms with E-state index in [0.29, 0.717) is 6.04 Å². The second-order valence-electron chi connectivity index (χ2n) is 4.83. The molecule has 92 valence electrons. The maximum atomic E-state index is 3.62. The van der Waals surface area contributed by atoms with Gasteiger partial charge in [0.2, 0.25) is 0 Å². The maximum Gasteiger partial charge on any atom is 0.0386 e. The van der Waals surface area contributed by atoms with Gasteiger partial charge in [-0.15, -0.1) is 11.3 Å². The molecule has 2 atom stereocenters. The Balaban J connectivity index is 2.06. The van der Waals surface area contributed by atoms with Gasteiger partial charge in [-0.2, -0.15) is 0 Å². The minimum Gasteiger partial charge on any atom is -0.309 e. The second kappa shape index (κ2) is 5.65. The number of fused-ring (bicyclic) bond motifs is 1. The molecule has 1 aromatic heterocycles. The van der Waals surface area contributed by atoms with Gasteiger partial charge in [0.15, 0.2) is 0 Å². The van der Waals surface area contributed by atoms with Crippen LogP contribution in [0.2, 0.25) is 0 Å². The molecule has 0 aliphatic heterocycles. The first-order chi connectivity index (χ1) is 8.20. The van der Waals surface area contributed by atoms with Crippen molar-refractivity contribution in [1.29, 1.82) is 0 Å². The van der Waals surface area contributed by atoms with Crippen molar-refractivity contribution >= 4 is 21.4 Å². The van der Waals surface area contributed by atoms with Crippen LogP contribution in [0, 0.1) is 5.92 Å². The molecule has 0 bridgehead atoms. The molecule has 0 amide bonds. The highest BCUT2D eigenvalue weighted by molar-refractivity contribution is 7.19. The van der Waals surface area contributed by atoms with E-state index in [1.165, 1.54) is 21.4 Å². The van der Waals surface area contributed by atoms with Crippen molar-refractivity contribution in [3.05, 3.63) is 35.2 Å². The van der Waals surface area contributed by atoms with E-state index in [1.807, 2.05) is 11.3 Å². The van der Waals surface area contributed by atoms with E-state index in [9.17, 15) is 0 Å². The fourth-order valence-corrected chi connectivity index (χ4v) is 2.93.